The van der Waals surface area contributed by atoms with Crippen LogP contribution in [0.2, 0.25) is 0 Å². The molecule has 3 aromatic rings. The fourth-order valence-corrected chi connectivity index (χ4v) is 2.73. The Morgan fingerprint density at radius 1 is 1.23 bits per heavy atom. The van der Waals surface area contributed by atoms with Crippen LogP contribution in [-0.4, -0.2) is 28.5 Å². The molecule has 0 saturated carbocycles. The van der Waals surface area contributed by atoms with E-state index in [2.05, 4.69) is 15.6 Å². The lowest BCUT2D eigenvalue weighted by Crippen LogP contribution is -2.31. The molecule has 1 aromatic heterocycles. The van der Waals surface area contributed by atoms with Crippen molar-refractivity contribution in [1.82, 2.24) is 15.2 Å². The Bertz CT molecular complexity index is 1180. The molecule has 1 amide bonds. The lowest BCUT2D eigenvalue weighted by atomic mass is 10.1. The SMILES string of the molecule is CCOc1ccc(/C=N/NC(=O)c2nn(-c3ccccc3)c(=O)c(C#N)c2C)cc1. The maximum Gasteiger partial charge on any atom is 0.292 e. The predicted molar refractivity (Wildman–Crippen MR) is 112 cm³/mol. The van der Waals surface area contributed by atoms with Gasteiger partial charge in [0.2, 0.25) is 0 Å². The number of amides is 1. The number of para-hydroxylation sites is 1. The lowest BCUT2D eigenvalue weighted by Gasteiger charge is -2.10. The van der Waals surface area contributed by atoms with Crippen LogP contribution in [0.25, 0.3) is 5.69 Å². The first kappa shape index (κ1) is 20.5. The Kier molecular flexibility index (Phi) is 6.35. The van der Waals surface area contributed by atoms with E-state index < -0.39 is 11.5 Å². The molecule has 0 aliphatic carbocycles. The molecular formula is C22H19N5O3. The molecule has 0 saturated heterocycles. The van der Waals surface area contributed by atoms with Gasteiger partial charge in [-0.15, -0.1) is 0 Å². The normalized spacial score (nSPS) is 10.6. The van der Waals surface area contributed by atoms with Crippen molar-refractivity contribution in [3.8, 4) is 17.5 Å². The number of hydrogen-bond donors (Lipinski definition) is 1. The molecule has 2 aromatic carbocycles. The molecule has 0 bridgehead atoms. The number of carbonyl (C=O) groups is 1. The molecule has 150 valence electrons. The fourth-order valence-electron chi connectivity index (χ4n) is 2.73. The Labute approximate surface area is 173 Å². The van der Waals surface area contributed by atoms with Gasteiger partial charge in [-0.05, 0) is 55.8 Å². The zero-order valence-corrected chi connectivity index (χ0v) is 16.5. The summed E-state index contributed by atoms with van der Waals surface area (Å²) in [6.45, 7) is 3.98. The van der Waals surface area contributed by atoms with Crippen LogP contribution in [0.1, 0.15) is 34.1 Å². The highest BCUT2D eigenvalue weighted by atomic mass is 16.5. The maximum absolute atomic E-state index is 12.6. The third-order valence-corrected chi connectivity index (χ3v) is 4.23. The highest BCUT2D eigenvalue weighted by molar-refractivity contribution is 5.94. The van der Waals surface area contributed by atoms with Crippen LogP contribution in [0.4, 0.5) is 0 Å². The molecule has 1 N–H and O–H groups in total. The van der Waals surface area contributed by atoms with Gasteiger partial charge in [-0.2, -0.15) is 20.1 Å². The van der Waals surface area contributed by atoms with Crippen LogP contribution in [-0.2, 0) is 0 Å². The van der Waals surface area contributed by atoms with E-state index >= 15 is 0 Å². The van der Waals surface area contributed by atoms with E-state index in [1.165, 1.54) is 13.1 Å². The van der Waals surface area contributed by atoms with Gasteiger partial charge < -0.3 is 4.74 Å². The van der Waals surface area contributed by atoms with Crippen molar-refractivity contribution in [2.24, 2.45) is 5.10 Å². The molecule has 1 heterocycles. The largest absolute Gasteiger partial charge is 0.494 e. The Hall–Kier alpha value is -4.25. The van der Waals surface area contributed by atoms with Crippen molar-refractivity contribution in [3.05, 3.63) is 87.3 Å². The minimum atomic E-state index is -0.629. The summed E-state index contributed by atoms with van der Waals surface area (Å²) in [7, 11) is 0. The first-order valence-electron chi connectivity index (χ1n) is 9.21. The van der Waals surface area contributed by atoms with Gasteiger partial charge in [0, 0.05) is 5.56 Å². The molecule has 0 unspecified atom stereocenters. The fraction of sp³-hybridized carbons (Fsp3) is 0.136. The number of nitriles is 1. The first-order valence-corrected chi connectivity index (χ1v) is 9.21. The molecule has 3 rings (SSSR count). The average molecular weight is 401 g/mol. The Morgan fingerprint density at radius 2 is 1.93 bits per heavy atom. The lowest BCUT2D eigenvalue weighted by molar-refractivity contribution is 0.0947. The minimum Gasteiger partial charge on any atom is -0.494 e. The van der Waals surface area contributed by atoms with Crippen LogP contribution in [0, 0.1) is 18.3 Å². The van der Waals surface area contributed by atoms with E-state index in [1.54, 1.807) is 54.6 Å². The topological polar surface area (TPSA) is 109 Å². The van der Waals surface area contributed by atoms with Gasteiger partial charge in [-0.25, -0.2) is 5.43 Å². The number of hydrogen-bond acceptors (Lipinski definition) is 6. The third-order valence-electron chi connectivity index (χ3n) is 4.23. The van der Waals surface area contributed by atoms with Crippen LogP contribution in [0.15, 0.2) is 64.5 Å². The summed E-state index contributed by atoms with van der Waals surface area (Å²) in [4.78, 5) is 25.2. The molecule has 0 aliphatic heterocycles. The van der Waals surface area contributed by atoms with Gasteiger partial charge in [0.15, 0.2) is 5.69 Å². The van der Waals surface area contributed by atoms with Gasteiger partial charge in [-0.1, -0.05) is 18.2 Å². The number of ether oxygens (including phenoxy) is 1. The summed E-state index contributed by atoms with van der Waals surface area (Å²) >= 11 is 0. The first-order chi connectivity index (χ1) is 14.5. The number of nitrogens with one attached hydrogen (secondary N) is 1. The van der Waals surface area contributed by atoms with E-state index in [9.17, 15) is 14.9 Å². The molecule has 0 aliphatic rings. The summed E-state index contributed by atoms with van der Waals surface area (Å²) in [5.41, 5.74) is 3.01. The van der Waals surface area contributed by atoms with Crippen molar-refractivity contribution in [2.45, 2.75) is 13.8 Å². The molecule has 30 heavy (non-hydrogen) atoms. The number of benzene rings is 2. The minimum absolute atomic E-state index is 0.0566. The number of rotatable bonds is 6. The molecule has 0 fully saturated rings. The van der Waals surface area contributed by atoms with Crippen LogP contribution in [0.3, 0.4) is 0 Å². The van der Waals surface area contributed by atoms with E-state index in [0.717, 1.165) is 16.0 Å². The summed E-state index contributed by atoms with van der Waals surface area (Å²) in [5.74, 6) is 0.113. The monoisotopic (exact) mass is 401 g/mol. The summed E-state index contributed by atoms with van der Waals surface area (Å²) in [5, 5.41) is 17.5. The number of carbonyl (C=O) groups excluding carboxylic acids is 1. The van der Waals surface area contributed by atoms with Gasteiger partial charge >= 0.3 is 0 Å². The van der Waals surface area contributed by atoms with E-state index in [4.69, 9.17) is 4.74 Å². The van der Waals surface area contributed by atoms with Crippen molar-refractivity contribution < 1.29 is 9.53 Å². The predicted octanol–water partition coefficient (Wildman–Crippen LogP) is 2.58. The van der Waals surface area contributed by atoms with Gasteiger partial charge in [0.05, 0.1) is 18.5 Å². The van der Waals surface area contributed by atoms with Crippen molar-refractivity contribution in [1.29, 1.82) is 5.26 Å². The molecule has 0 atom stereocenters. The third kappa shape index (κ3) is 4.42. The Balaban J connectivity index is 1.86. The smallest absolute Gasteiger partial charge is 0.292 e. The second kappa shape index (κ2) is 9.30. The molecule has 0 radical (unpaired) electrons. The molecule has 8 heteroatoms. The average Bonchev–Trinajstić information content (AvgIpc) is 2.76. The quantitative estimate of drug-likeness (QED) is 0.504. The zero-order chi connectivity index (χ0) is 21.5. The number of hydrazone groups is 1. The number of aromatic nitrogens is 2. The van der Waals surface area contributed by atoms with Crippen molar-refractivity contribution >= 4 is 12.1 Å². The van der Waals surface area contributed by atoms with Crippen LogP contribution >= 0.6 is 0 Å². The maximum atomic E-state index is 12.6. The standard InChI is InChI=1S/C22H19N5O3/c1-3-30-18-11-9-16(10-12-18)14-24-25-21(28)20-15(2)19(13-23)22(29)27(26-20)17-7-5-4-6-8-17/h4-12,14H,3H2,1-2H3,(H,25,28)/b24-14+. The zero-order valence-electron chi connectivity index (χ0n) is 16.5. The molecule has 0 spiro atoms. The van der Waals surface area contributed by atoms with E-state index in [1.807, 2.05) is 13.0 Å². The van der Waals surface area contributed by atoms with Gasteiger partial charge in [-0.3, -0.25) is 9.59 Å². The van der Waals surface area contributed by atoms with Crippen LogP contribution < -0.4 is 15.7 Å². The second-order valence-corrected chi connectivity index (χ2v) is 6.21. The summed E-state index contributed by atoms with van der Waals surface area (Å²) in [6.07, 6.45) is 1.47. The molecule has 8 nitrogen and oxygen atoms in total. The van der Waals surface area contributed by atoms with Crippen molar-refractivity contribution in [3.63, 3.8) is 0 Å². The Morgan fingerprint density at radius 3 is 2.57 bits per heavy atom. The summed E-state index contributed by atoms with van der Waals surface area (Å²) in [6, 6.07) is 17.6. The highest BCUT2D eigenvalue weighted by Crippen LogP contribution is 2.12. The van der Waals surface area contributed by atoms with Crippen molar-refractivity contribution in [2.75, 3.05) is 6.61 Å². The summed E-state index contributed by atoms with van der Waals surface area (Å²) < 4.78 is 6.42. The molecular weight excluding hydrogens is 382 g/mol. The van der Waals surface area contributed by atoms with Crippen LogP contribution in [0.5, 0.6) is 5.75 Å². The number of nitrogens with zero attached hydrogens (tertiary/aromatic N) is 4. The van der Waals surface area contributed by atoms with Gasteiger partial charge in [0.25, 0.3) is 11.5 Å². The van der Waals surface area contributed by atoms with E-state index in [0.29, 0.717) is 12.3 Å². The van der Waals surface area contributed by atoms with Gasteiger partial charge in [0.1, 0.15) is 17.4 Å². The highest BCUT2D eigenvalue weighted by Gasteiger charge is 2.19. The van der Waals surface area contributed by atoms with E-state index in [-0.39, 0.29) is 16.8 Å². The second-order valence-electron chi connectivity index (χ2n) is 6.21.